The number of aryl methyl sites for hydroxylation is 1. The van der Waals surface area contributed by atoms with Gasteiger partial charge in [-0.2, -0.15) is 0 Å². The number of hydrogen-bond donors (Lipinski definition) is 0. The quantitative estimate of drug-likeness (QED) is 0.443. The Balaban J connectivity index is 1.58. The highest BCUT2D eigenvalue weighted by Gasteiger charge is 2.13. The van der Waals surface area contributed by atoms with Gasteiger partial charge in [-0.05, 0) is 36.3 Å². The largest absolute Gasteiger partial charge is 0.489 e. The second-order valence-electron chi connectivity index (χ2n) is 6.51. The Morgan fingerprint density at radius 1 is 0.929 bits per heavy atom. The maximum absolute atomic E-state index is 13.0. The molecule has 0 aliphatic rings. The van der Waals surface area contributed by atoms with E-state index in [1.54, 1.807) is 18.2 Å². The van der Waals surface area contributed by atoms with Gasteiger partial charge in [0.05, 0.1) is 10.9 Å². The summed E-state index contributed by atoms with van der Waals surface area (Å²) in [5.41, 5.74) is 3.10. The number of benzene rings is 3. The Morgan fingerprint density at radius 2 is 1.64 bits per heavy atom. The van der Waals surface area contributed by atoms with Crippen molar-refractivity contribution in [3.8, 4) is 16.9 Å². The van der Waals surface area contributed by atoms with Crippen LogP contribution in [0.5, 0.6) is 5.75 Å². The fraction of sp³-hybridized carbons (Fsp3) is 0.0800. The van der Waals surface area contributed by atoms with Gasteiger partial charge in [0.15, 0.2) is 0 Å². The first-order chi connectivity index (χ1) is 13.7. The minimum Gasteiger partial charge on any atom is -0.489 e. The molecular formula is C25H20O3. The molecule has 138 valence electrons. The molecule has 0 saturated heterocycles. The summed E-state index contributed by atoms with van der Waals surface area (Å²) < 4.78 is 11.7. The van der Waals surface area contributed by atoms with Crippen LogP contribution < -0.4 is 10.2 Å². The number of hydrogen-bond acceptors (Lipinski definition) is 3. The van der Waals surface area contributed by atoms with Crippen LogP contribution in [-0.4, -0.2) is 6.61 Å². The molecular weight excluding hydrogens is 348 g/mol. The molecule has 0 saturated carbocycles. The highest BCUT2D eigenvalue weighted by molar-refractivity contribution is 5.83. The van der Waals surface area contributed by atoms with Crippen LogP contribution in [0.25, 0.3) is 28.2 Å². The molecule has 0 aliphatic carbocycles. The minimum atomic E-state index is -0.0273. The molecule has 0 amide bonds. The van der Waals surface area contributed by atoms with Gasteiger partial charge < -0.3 is 9.15 Å². The third-order valence-corrected chi connectivity index (χ3v) is 4.56. The molecule has 1 aromatic heterocycles. The van der Waals surface area contributed by atoms with Crippen LogP contribution >= 0.6 is 0 Å². The van der Waals surface area contributed by atoms with E-state index in [1.807, 2.05) is 79.7 Å². The summed E-state index contributed by atoms with van der Waals surface area (Å²) in [4.78, 5) is 13.0. The van der Waals surface area contributed by atoms with E-state index in [0.29, 0.717) is 34.6 Å². The van der Waals surface area contributed by atoms with E-state index >= 15 is 0 Å². The van der Waals surface area contributed by atoms with Gasteiger partial charge in [-0.15, -0.1) is 0 Å². The van der Waals surface area contributed by atoms with Crippen LogP contribution in [0.2, 0.25) is 0 Å². The normalized spacial score (nSPS) is 11.2. The average Bonchev–Trinajstić information content (AvgIpc) is 2.72. The summed E-state index contributed by atoms with van der Waals surface area (Å²) in [6.45, 7) is 2.25. The van der Waals surface area contributed by atoms with Crippen LogP contribution in [0.4, 0.5) is 0 Å². The lowest BCUT2D eigenvalue weighted by molar-refractivity contribution is 0.363. The van der Waals surface area contributed by atoms with Crippen molar-refractivity contribution < 1.29 is 9.15 Å². The van der Waals surface area contributed by atoms with Gasteiger partial charge in [0, 0.05) is 6.07 Å². The number of ether oxygens (including phenoxy) is 1. The first-order valence-electron chi connectivity index (χ1n) is 9.19. The van der Waals surface area contributed by atoms with Gasteiger partial charge in [-0.25, -0.2) is 0 Å². The van der Waals surface area contributed by atoms with Crippen molar-refractivity contribution in [1.29, 1.82) is 0 Å². The molecule has 0 atom stereocenters. The molecule has 3 aromatic carbocycles. The maximum Gasteiger partial charge on any atom is 0.200 e. The van der Waals surface area contributed by atoms with Gasteiger partial charge >= 0.3 is 0 Å². The SMILES string of the molecule is Cc1oc2cc(OC/C=C/c3ccccc3)ccc2c(=O)c1-c1ccccc1. The maximum atomic E-state index is 13.0. The van der Waals surface area contributed by atoms with Crippen LogP contribution in [-0.2, 0) is 0 Å². The second-order valence-corrected chi connectivity index (χ2v) is 6.51. The average molecular weight is 368 g/mol. The van der Waals surface area contributed by atoms with E-state index in [1.165, 1.54) is 0 Å². The Kier molecular flexibility index (Phi) is 5.07. The van der Waals surface area contributed by atoms with E-state index in [4.69, 9.17) is 9.15 Å². The summed E-state index contributed by atoms with van der Waals surface area (Å²) in [6, 6.07) is 25.0. The topological polar surface area (TPSA) is 39.4 Å². The fourth-order valence-electron chi connectivity index (χ4n) is 3.21. The molecule has 4 rings (SSSR count). The van der Waals surface area contributed by atoms with E-state index in [0.717, 1.165) is 11.1 Å². The monoisotopic (exact) mass is 368 g/mol. The van der Waals surface area contributed by atoms with Crippen molar-refractivity contribution in [2.45, 2.75) is 6.92 Å². The predicted octanol–water partition coefficient (Wildman–Crippen LogP) is 5.86. The molecule has 0 bridgehead atoms. The third-order valence-electron chi connectivity index (χ3n) is 4.56. The zero-order chi connectivity index (χ0) is 19.3. The summed E-state index contributed by atoms with van der Waals surface area (Å²) >= 11 is 0. The van der Waals surface area contributed by atoms with E-state index in [-0.39, 0.29) is 5.43 Å². The molecule has 0 radical (unpaired) electrons. The van der Waals surface area contributed by atoms with Crippen molar-refractivity contribution in [2.24, 2.45) is 0 Å². The molecule has 28 heavy (non-hydrogen) atoms. The van der Waals surface area contributed by atoms with Crippen molar-refractivity contribution in [3.63, 3.8) is 0 Å². The Bertz CT molecular complexity index is 1170. The Labute approximate surface area is 163 Å². The van der Waals surface area contributed by atoms with Crippen molar-refractivity contribution in [1.82, 2.24) is 0 Å². The van der Waals surface area contributed by atoms with Crippen LogP contribution in [0.1, 0.15) is 11.3 Å². The molecule has 0 spiro atoms. The minimum absolute atomic E-state index is 0.0273. The first kappa shape index (κ1) is 17.8. The fourth-order valence-corrected chi connectivity index (χ4v) is 3.21. The number of rotatable bonds is 5. The highest BCUT2D eigenvalue weighted by Crippen LogP contribution is 2.26. The molecule has 0 fully saturated rings. The zero-order valence-electron chi connectivity index (χ0n) is 15.6. The summed E-state index contributed by atoms with van der Waals surface area (Å²) in [5, 5.41) is 0.552. The van der Waals surface area contributed by atoms with Crippen molar-refractivity contribution >= 4 is 17.0 Å². The lowest BCUT2D eigenvalue weighted by Gasteiger charge is -2.09. The second kappa shape index (κ2) is 7.97. The highest BCUT2D eigenvalue weighted by atomic mass is 16.5. The van der Waals surface area contributed by atoms with Gasteiger partial charge in [-0.1, -0.05) is 66.7 Å². The van der Waals surface area contributed by atoms with E-state index < -0.39 is 0 Å². The van der Waals surface area contributed by atoms with Gasteiger partial charge in [0.2, 0.25) is 5.43 Å². The number of fused-ring (bicyclic) bond motifs is 1. The molecule has 3 nitrogen and oxygen atoms in total. The molecule has 4 aromatic rings. The van der Waals surface area contributed by atoms with Crippen LogP contribution in [0.15, 0.2) is 94.2 Å². The Hall–Kier alpha value is -3.59. The summed E-state index contributed by atoms with van der Waals surface area (Å²) in [6.07, 6.45) is 3.97. The molecule has 0 unspecified atom stereocenters. The van der Waals surface area contributed by atoms with Gasteiger partial charge in [-0.3, -0.25) is 4.79 Å². The van der Waals surface area contributed by atoms with E-state index in [2.05, 4.69) is 0 Å². The standard InChI is InChI=1S/C25H20O3/c1-18-24(20-12-6-3-7-13-20)25(26)22-15-14-21(17-23(22)28-18)27-16-8-11-19-9-4-2-5-10-19/h2-15,17H,16H2,1H3/b11-8+. The summed E-state index contributed by atoms with van der Waals surface area (Å²) in [7, 11) is 0. The van der Waals surface area contributed by atoms with Crippen LogP contribution in [0, 0.1) is 6.92 Å². The molecule has 1 heterocycles. The molecule has 0 aliphatic heterocycles. The summed E-state index contributed by atoms with van der Waals surface area (Å²) in [5.74, 6) is 1.27. The third kappa shape index (κ3) is 3.74. The lowest BCUT2D eigenvalue weighted by atomic mass is 10.0. The van der Waals surface area contributed by atoms with Crippen molar-refractivity contribution in [2.75, 3.05) is 6.61 Å². The molecule has 3 heteroatoms. The first-order valence-corrected chi connectivity index (χ1v) is 9.19. The van der Waals surface area contributed by atoms with Gasteiger partial charge in [0.25, 0.3) is 0 Å². The Morgan fingerprint density at radius 3 is 2.39 bits per heavy atom. The van der Waals surface area contributed by atoms with Gasteiger partial charge in [0.1, 0.15) is 23.7 Å². The smallest absolute Gasteiger partial charge is 0.200 e. The lowest BCUT2D eigenvalue weighted by Crippen LogP contribution is -2.07. The zero-order valence-corrected chi connectivity index (χ0v) is 15.6. The molecule has 0 N–H and O–H groups in total. The van der Waals surface area contributed by atoms with E-state index in [9.17, 15) is 4.79 Å². The van der Waals surface area contributed by atoms with Crippen molar-refractivity contribution in [3.05, 3.63) is 106 Å². The van der Waals surface area contributed by atoms with Crippen LogP contribution in [0.3, 0.4) is 0 Å². The predicted molar refractivity (Wildman–Crippen MR) is 114 cm³/mol.